The summed E-state index contributed by atoms with van der Waals surface area (Å²) in [6.45, 7) is 0.470. The molecule has 0 aromatic carbocycles. The highest BCUT2D eigenvalue weighted by Crippen LogP contribution is 2.11. The Morgan fingerprint density at radius 3 is 3.00 bits per heavy atom. The lowest BCUT2D eigenvalue weighted by Crippen LogP contribution is -2.12. The van der Waals surface area contributed by atoms with Gasteiger partial charge in [-0.2, -0.15) is 5.10 Å². The number of carbonyl (C=O) groups is 1. The molecule has 2 heterocycles. The summed E-state index contributed by atoms with van der Waals surface area (Å²) in [5.41, 5.74) is 12.0. The van der Waals surface area contributed by atoms with E-state index in [1.807, 2.05) is 0 Å². The molecule has 7 nitrogen and oxygen atoms in total. The van der Waals surface area contributed by atoms with Crippen LogP contribution in [-0.2, 0) is 6.54 Å². The minimum absolute atomic E-state index is 0.405. The first-order valence-electron chi connectivity index (χ1n) is 4.94. The zero-order valence-electron chi connectivity index (χ0n) is 8.97. The average molecular weight is 232 g/mol. The molecule has 17 heavy (non-hydrogen) atoms. The summed E-state index contributed by atoms with van der Waals surface area (Å²) in [6, 6.07) is 3.14. The van der Waals surface area contributed by atoms with E-state index in [0.717, 1.165) is 5.56 Å². The first kappa shape index (κ1) is 10.9. The summed E-state index contributed by atoms with van der Waals surface area (Å²) in [5.74, 6) is 0.573. The third-order valence-electron chi connectivity index (χ3n) is 2.26. The summed E-state index contributed by atoms with van der Waals surface area (Å²) in [7, 11) is 0. The van der Waals surface area contributed by atoms with E-state index < -0.39 is 5.91 Å². The van der Waals surface area contributed by atoms with E-state index in [1.165, 1.54) is 6.20 Å². The van der Waals surface area contributed by atoms with Crippen molar-refractivity contribution in [2.45, 2.75) is 6.54 Å². The molecule has 2 aromatic rings. The van der Waals surface area contributed by atoms with Gasteiger partial charge in [0.1, 0.15) is 11.6 Å². The fraction of sp³-hybridized carbons (Fsp3) is 0.100. The molecule has 2 aromatic heterocycles. The molecule has 0 saturated heterocycles. The van der Waals surface area contributed by atoms with Gasteiger partial charge in [0.05, 0.1) is 6.20 Å². The number of pyridine rings is 1. The van der Waals surface area contributed by atoms with Crippen molar-refractivity contribution in [2.75, 3.05) is 11.1 Å². The molecule has 7 heteroatoms. The van der Waals surface area contributed by atoms with Crippen molar-refractivity contribution in [3.05, 3.63) is 35.7 Å². The number of amides is 1. The van der Waals surface area contributed by atoms with Crippen LogP contribution in [-0.4, -0.2) is 21.1 Å². The second-order valence-corrected chi connectivity index (χ2v) is 3.46. The molecule has 0 atom stereocenters. The largest absolute Gasteiger partial charge is 0.384 e. The van der Waals surface area contributed by atoms with Crippen molar-refractivity contribution >= 4 is 17.5 Å². The Balaban J connectivity index is 2.07. The summed E-state index contributed by atoms with van der Waals surface area (Å²) >= 11 is 0. The number of primary amides is 1. The SMILES string of the molecule is NC(=O)c1ccnc(NCc2cn[nH]c2N)c1. The van der Waals surface area contributed by atoms with Crippen LogP contribution in [0.5, 0.6) is 0 Å². The summed E-state index contributed by atoms with van der Waals surface area (Å²) in [6.07, 6.45) is 3.14. The zero-order chi connectivity index (χ0) is 12.3. The van der Waals surface area contributed by atoms with Gasteiger partial charge in [-0.1, -0.05) is 0 Å². The molecular formula is C10H12N6O. The first-order chi connectivity index (χ1) is 8.16. The van der Waals surface area contributed by atoms with Crippen LogP contribution in [0.15, 0.2) is 24.5 Å². The molecule has 0 spiro atoms. The van der Waals surface area contributed by atoms with E-state index in [-0.39, 0.29) is 0 Å². The van der Waals surface area contributed by atoms with Crippen molar-refractivity contribution in [2.24, 2.45) is 5.73 Å². The molecule has 1 amide bonds. The van der Waals surface area contributed by atoms with Crippen molar-refractivity contribution < 1.29 is 4.79 Å². The van der Waals surface area contributed by atoms with E-state index in [1.54, 1.807) is 18.3 Å². The molecule has 0 unspecified atom stereocenters. The Hall–Kier alpha value is -2.57. The molecule has 0 fully saturated rings. The standard InChI is InChI=1S/C10H12N6O/c11-9-7(5-15-16-9)4-14-8-3-6(10(12)17)1-2-13-8/h1-3,5H,4H2,(H2,12,17)(H,13,14)(H3,11,15,16). The van der Waals surface area contributed by atoms with Crippen LogP contribution < -0.4 is 16.8 Å². The normalized spacial score (nSPS) is 10.1. The highest BCUT2D eigenvalue weighted by atomic mass is 16.1. The lowest BCUT2D eigenvalue weighted by atomic mass is 10.2. The van der Waals surface area contributed by atoms with Gasteiger partial charge < -0.3 is 16.8 Å². The first-order valence-corrected chi connectivity index (χ1v) is 4.94. The molecular weight excluding hydrogens is 220 g/mol. The van der Waals surface area contributed by atoms with E-state index in [9.17, 15) is 4.79 Å². The quantitative estimate of drug-likeness (QED) is 0.595. The second kappa shape index (κ2) is 4.52. The fourth-order valence-corrected chi connectivity index (χ4v) is 1.33. The highest BCUT2D eigenvalue weighted by Gasteiger charge is 2.04. The maximum Gasteiger partial charge on any atom is 0.248 e. The summed E-state index contributed by atoms with van der Waals surface area (Å²) in [5, 5.41) is 9.45. The second-order valence-electron chi connectivity index (χ2n) is 3.46. The van der Waals surface area contributed by atoms with Crippen molar-refractivity contribution in [1.29, 1.82) is 0 Å². The van der Waals surface area contributed by atoms with Gasteiger partial charge in [-0.25, -0.2) is 4.98 Å². The number of carbonyl (C=O) groups excluding carboxylic acids is 1. The number of hydrogen-bond acceptors (Lipinski definition) is 5. The Labute approximate surface area is 97.2 Å². The molecule has 0 aliphatic carbocycles. The van der Waals surface area contributed by atoms with Gasteiger partial charge in [-0.3, -0.25) is 9.89 Å². The van der Waals surface area contributed by atoms with Gasteiger partial charge in [0.15, 0.2) is 0 Å². The average Bonchev–Trinajstić information content (AvgIpc) is 2.72. The number of aromatic nitrogens is 3. The summed E-state index contributed by atoms with van der Waals surface area (Å²) in [4.78, 5) is 15.0. The van der Waals surface area contributed by atoms with E-state index in [0.29, 0.717) is 23.7 Å². The predicted molar refractivity (Wildman–Crippen MR) is 63.1 cm³/mol. The number of anilines is 2. The Morgan fingerprint density at radius 2 is 2.35 bits per heavy atom. The number of aromatic amines is 1. The molecule has 0 saturated carbocycles. The van der Waals surface area contributed by atoms with Crippen LogP contribution in [0.1, 0.15) is 15.9 Å². The zero-order valence-corrected chi connectivity index (χ0v) is 8.97. The van der Waals surface area contributed by atoms with Crippen LogP contribution in [0, 0.1) is 0 Å². The van der Waals surface area contributed by atoms with Gasteiger partial charge in [0, 0.05) is 23.9 Å². The molecule has 0 bridgehead atoms. The smallest absolute Gasteiger partial charge is 0.248 e. The minimum atomic E-state index is -0.488. The molecule has 88 valence electrons. The van der Waals surface area contributed by atoms with Gasteiger partial charge in [-0.15, -0.1) is 0 Å². The van der Waals surface area contributed by atoms with Crippen LogP contribution in [0.25, 0.3) is 0 Å². The van der Waals surface area contributed by atoms with Crippen LogP contribution in [0.2, 0.25) is 0 Å². The highest BCUT2D eigenvalue weighted by molar-refractivity contribution is 5.93. The maximum atomic E-state index is 11.0. The number of nitrogens with one attached hydrogen (secondary N) is 2. The molecule has 2 rings (SSSR count). The number of H-pyrrole nitrogens is 1. The van der Waals surface area contributed by atoms with Crippen LogP contribution in [0.3, 0.4) is 0 Å². The van der Waals surface area contributed by atoms with Crippen molar-refractivity contribution in [3.63, 3.8) is 0 Å². The van der Waals surface area contributed by atoms with E-state index in [4.69, 9.17) is 11.5 Å². The molecule has 6 N–H and O–H groups in total. The molecule has 0 radical (unpaired) electrons. The topological polar surface area (TPSA) is 123 Å². The van der Waals surface area contributed by atoms with Crippen molar-refractivity contribution in [3.8, 4) is 0 Å². The number of nitrogens with two attached hydrogens (primary N) is 2. The lowest BCUT2D eigenvalue weighted by molar-refractivity contribution is 0.1000. The van der Waals surface area contributed by atoms with Crippen LogP contribution in [0.4, 0.5) is 11.6 Å². The van der Waals surface area contributed by atoms with Gasteiger partial charge in [-0.05, 0) is 12.1 Å². The Bertz CT molecular complexity index is 535. The van der Waals surface area contributed by atoms with Crippen LogP contribution >= 0.6 is 0 Å². The minimum Gasteiger partial charge on any atom is -0.384 e. The number of nitrogens with zero attached hydrogens (tertiary/aromatic N) is 2. The number of hydrogen-bond donors (Lipinski definition) is 4. The Morgan fingerprint density at radius 1 is 1.53 bits per heavy atom. The monoisotopic (exact) mass is 232 g/mol. The molecule has 0 aliphatic rings. The number of rotatable bonds is 4. The third kappa shape index (κ3) is 2.51. The van der Waals surface area contributed by atoms with E-state index >= 15 is 0 Å². The van der Waals surface area contributed by atoms with E-state index in [2.05, 4.69) is 20.5 Å². The Kier molecular flexibility index (Phi) is 2.91. The van der Waals surface area contributed by atoms with Gasteiger partial charge >= 0.3 is 0 Å². The van der Waals surface area contributed by atoms with Gasteiger partial charge in [0.25, 0.3) is 0 Å². The lowest BCUT2D eigenvalue weighted by Gasteiger charge is -2.05. The number of nitrogen functional groups attached to an aromatic ring is 1. The third-order valence-corrected chi connectivity index (χ3v) is 2.26. The predicted octanol–water partition coefficient (Wildman–Crippen LogP) is 0.0979. The maximum absolute atomic E-state index is 11.0. The fourth-order valence-electron chi connectivity index (χ4n) is 1.33. The van der Waals surface area contributed by atoms with Gasteiger partial charge in [0.2, 0.25) is 5.91 Å². The molecule has 0 aliphatic heterocycles. The summed E-state index contributed by atoms with van der Waals surface area (Å²) < 4.78 is 0. The van der Waals surface area contributed by atoms with Crippen molar-refractivity contribution in [1.82, 2.24) is 15.2 Å².